The molecule has 1 radical (unpaired) electrons. The fourth-order valence-electron chi connectivity index (χ4n) is 1.26. The van der Waals surface area contributed by atoms with Crippen LogP contribution >= 0.6 is 0 Å². The van der Waals surface area contributed by atoms with Gasteiger partial charge in [0.1, 0.15) is 0 Å². The van der Waals surface area contributed by atoms with E-state index in [1.807, 2.05) is 0 Å². The smallest absolute Gasteiger partial charge is 0.328 e. The molecule has 6 nitrogen and oxygen atoms in total. The van der Waals surface area contributed by atoms with E-state index in [4.69, 9.17) is 0 Å². The van der Waals surface area contributed by atoms with Gasteiger partial charge in [0.25, 0.3) is 5.56 Å². The van der Waals surface area contributed by atoms with Crippen molar-refractivity contribution in [2.45, 2.75) is 0 Å². The topological polar surface area (TPSA) is 72.7 Å². The van der Waals surface area contributed by atoms with Crippen LogP contribution in [0.1, 0.15) is 0 Å². The zero-order valence-corrected chi connectivity index (χ0v) is 9.02. The summed E-state index contributed by atoms with van der Waals surface area (Å²) in [6.45, 7) is 0. The third-order valence-electron chi connectivity index (χ3n) is 1.98. The van der Waals surface area contributed by atoms with Crippen LogP contribution in [0.5, 0.6) is 0 Å². The average Bonchev–Trinajstić information content (AvgIpc) is 2.44. The standard InChI is InChI=1S/C7H8N4O2.Ag/c1-10-3-8-5-4(10)6(12)9-7(13)11(5)2;/h3H,1-2H3,(H,9,12,13);. The van der Waals surface area contributed by atoms with Gasteiger partial charge < -0.3 is 4.57 Å². The molecule has 2 aromatic heterocycles. The normalized spacial score (nSPS) is 10.1. The molecule has 0 aliphatic heterocycles. The number of fused-ring (bicyclic) bond motifs is 1. The monoisotopic (exact) mass is 287 g/mol. The van der Waals surface area contributed by atoms with Crippen LogP contribution in [0.25, 0.3) is 11.2 Å². The number of H-pyrrole nitrogens is 1. The van der Waals surface area contributed by atoms with Crippen LogP contribution in [-0.2, 0) is 36.5 Å². The Hall–Kier alpha value is -1.11. The Morgan fingerprint density at radius 1 is 1.36 bits per heavy atom. The summed E-state index contributed by atoms with van der Waals surface area (Å²) in [5, 5.41) is 0. The summed E-state index contributed by atoms with van der Waals surface area (Å²) in [4.78, 5) is 28.6. The van der Waals surface area contributed by atoms with Crippen molar-refractivity contribution in [1.29, 1.82) is 0 Å². The number of rotatable bonds is 0. The van der Waals surface area contributed by atoms with Gasteiger partial charge in [-0.15, -0.1) is 0 Å². The van der Waals surface area contributed by atoms with Gasteiger partial charge in [-0.05, 0) is 0 Å². The second-order valence-electron chi connectivity index (χ2n) is 2.85. The summed E-state index contributed by atoms with van der Waals surface area (Å²) in [6, 6.07) is 0. The molecule has 0 saturated heterocycles. The average molecular weight is 288 g/mol. The van der Waals surface area contributed by atoms with E-state index in [2.05, 4.69) is 9.97 Å². The summed E-state index contributed by atoms with van der Waals surface area (Å²) < 4.78 is 2.88. The molecule has 0 amide bonds. The van der Waals surface area contributed by atoms with Crippen LogP contribution in [0.3, 0.4) is 0 Å². The Kier molecular flexibility index (Phi) is 2.79. The zero-order valence-electron chi connectivity index (χ0n) is 7.54. The second-order valence-corrected chi connectivity index (χ2v) is 2.85. The maximum absolute atomic E-state index is 11.3. The number of aromatic amines is 1. The van der Waals surface area contributed by atoms with E-state index < -0.39 is 11.2 Å². The minimum Gasteiger partial charge on any atom is -0.328 e. The maximum Gasteiger partial charge on any atom is 0.329 e. The molecule has 0 unspecified atom stereocenters. The summed E-state index contributed by atoms with van der Waals surface area (Å²) in [5.41, 5.74) is -0.0485. The molecule has 0 aromatic carbocycles. The van der Waals surface area contributed by atoms with Crippen LogP contribution in [0, 0.1) is 0 Å². The third kappa shape index (κ3) is 1.37. The molecule has 79 valence electrons. The molecule has 14 heavy (non-hydrogen) atoms. The molecular weight excluding hydrogens is 280 g/mol. The molecule has 0 bridgehead atoms. The summed E-state index contributed by atoms with van der Waals surface area (Å²) >= 11 is 0. The van der Waals surface area contributed by atoms with E-state index >= 15 is 0 Å². The van der Waals surface area contributed by atoms with Gasteiger partial charge in [0.05, 0.1) is 6.33 Å². The molecular formula is C7H8AgN4O2. The number of nitrogens with one attached hydrogen (secondary N) is 1. The second kappa shape index (κ2) is 3.56. The minimum absolute atomic E-state index is 0. The first-order chi connectivity index (χ1) is 6.11. The third-order valence-corrected chi connectivity index (χ3v) is 1.98. The molecule has 2 heterocycles. The molecule has 0 fully saturated rings. The molecule has 0 atom stereocenters. The molecule has 7 heteroatoms. The van der Waals surface area contributed by atoms with Crippen molar-refractivity contribution < 1.29 is 22.4 Å². The van der Waals surface area contributed by atoms with Crippen LogP contribution in [-0.4, -0.2) is 19.1 Å². The molecule has 0 saturated carbocycles. The summed E-state index contributed by atoms with van der Waals surface area (Å²) in [5.74, 6) is 0. The van der Waals surface area contributed by atoms with E-state index in [0.29, 0.717) is 11.2 Å². The van der Waals surface area contributed by atoms with Crippen molar-refractivity contribution in [2.75, 3.05) is 0 Å². The van der Waals surface area contributed by atoms with Crippen LogP contribution in [0.2, 0.25) is 0 Å². The van der Waals surface area contributed by atoms with E-state index in [1.54, 1.807) is 18.7 Å². The SMILES string of the molecule is Cn1cnc2c1c(=O)[nH]c(=O)n2C.[Ag]. The molecule has 0 aliphatic rings. The molecule has 0 aliphatic carbocycles. The molecule has 2 rings (SSSR count). The van der Waals surface area contributed by atoms with Crippen molar-refractivity contribution >= 4 is 11.2 Å². The number of nitrogens with zero attached hydrogens (tertiary/aromatic N) is 3. The van der Waals surface area contributed by atoms with Crippen LogP contribution < -0.4 is 11.2 Å². The van der Waals surface area contributed by atoms with Gasteiger partial charge >= 0.3 is 5.69 Å². The number of aromatic nitrogens is 4. The summed E-state index contributed by atoms with van der Waals surface area (Å²) in [6.07, 6.45) is 1.50. The fourth-order valence-corrected chi connectivity index (χ4v) is 1.26. The van der Waals surface area contributed by atoms with Gasteiger partial charge in [0, 0.05) is 36.5 Å². The van der Waals surface area contributed by atoms with Gasteiger partial charge in [-0.3, -0.25) is 14.3 Å². The van der Waals surface area contributed by atoms with Gasteiger partial charge in [0.15, 0.2) is 11.2 Å². The van der Waals surface area contributed by atoms with Gasteiger partial charge in [-0.25, -0.2) is 9.78 Å². The van der Waals surface area contributed by atoms with E-state index in [-0.39, 0.29) is 22.4 Å². The van der Waals surface area contributed by atoms with Crippen molar-refractivity contribution in [3.63, 3.8) is 0 Å². The van der Waals surface area contributed by atoms with Gasteiger partial charge in [-0.2, -0.15) is 0 Å². The zero-order chi connectivity index (χ0) is 9.59. The summed E-state index contributed by atoms with van der Waals surface area (Å²) in [7, 11) is 3.27. The number of hydrogen-bond acceptors (Lipinski definition) is 3. The largest absolute Gasteiger partial charge is 0.329 e. The van der Waals surface area contributed by atoms with Crippen molar-refractivity contribution in [3.05, 3.63) is 27.2 Å². The Labute approximate surface area is 94.1 Å². The Morgan fingerprint density at radius 3 is 2.64 bits per heavy atom. The Bertz CT molecular complexity index is 579. The van der Waals surface area contributed by atoms with E-state index in [9.17, 15) is 9.59 Å². The molecule has 2 aromatic rings. The minimum atomic E-state index is -0.448. The first-order valence-electron chi connectivity index (χ1n) is 3.71. The number of aryl methyl sites for hydroxylation is 2. The van der Waals surface area contributed by atoms with Gasteiger partial charge in [-0.1, -0.05) is 0 Å². The van der Waals surface area contributed by atoms with E-state index in [1.165, 1.54) is 10.9 Å². The molecule has 1 N–H and O–H groups in total. The van der Waals surface area contributed by atoms with Crippen molar-refractivity contribution in [2.24, 2.45) is 14.1 Å². The molecule has 0 spiro atoms. The Balaban J connectivity index is 0.000000980. The van der Waals surface area contributed by atoms with Gasteiger partial charge in [0.2, 0.25) is 0 Å². The Morgan fingerprint density at radius 2 is 2.00 bits per heavy atom. The maximum atomic E-state index is 11.3. The van der Waals surface area contributed by atoms with Crippen molar-refractivity contribution in [1.82, 2.24) is 19.1 Å². The predicted octanol–water partition coefficient (Wildman–Crippen LogP) is -1.04. The quantitative estimate of drug-likeness (QED) is 0.629. The van der Waals surface area contributed by atoms with E-state index in [0.717, 1.165) is 0 Å². The van der Waals surface area contributed by atoms with Crippen molar-refractivity contribution in [3.8, 4) is 0 Å². The first kappa shape index (κ1) is 11.0. The first-order valence-corrected chi connectivity index (χ1v) is 3.71. The fraction of sp³-hybridized carbons (Fsp3) is 0.286. The van der Waals surface area contributed by atoms with Crippen LogP contribution in [0.4, 0.5) is 0 Å². The number of hydrogen-bond donors (Lipinski definition) is 1. The number of imidazole rings is 1. The predicted molar refractivity (Wildman–Crippen MR) is 46.6 cm³/mol. The van der Waals surface area contributed by atoms with Crippen LogP contribution in [0.15, 0.2) is 15.9 Å².